The molecule has 1 N–H and O–H groups in total. The Morgan fingerprint density at radius 3 is 2.95 bits per heavy atom. The molecule has 0 amide bonds. The van der Waals surface area contributed by atoms with Crippen LogP contribution >= 0.6 is 0 Å². The standard InChI is InChI=1S/C17H25N3O/c1-2-14-3-4-15(12-17(14)18-6-1)20-7-5-16(13-20)19-8-10-21-11-9-19/h3-4,12,16,18H,1-2,5-11,13H2. The summed E-state index contributed by atoms with van der Waals surface area (Å²) in [6, 6.07) is 7.70. The number of morpholine rings is 1. The predicted octanol–water partition coefficient (Wildman–Crippen LogP) is 1.96. The number of hydrogen-bond donors (Lipinski definition) is 1. The highest BCUT2D eigenvalue weighted by atomic mass is 16.5. The molecule has 4 heteroatoms. The van der Waals surface area contributed by atoms with Crippen LogP contribution in [0, 0.1) is 0 Å². The van der Waals surface area contributed by atoms with Crippen molar-refractivity contribution in [2.45, 2.75) is 25.3 Å². The summed E-state index contributed by atoms with van der Waals surface area (Å²) in [5.74, 6) is 0. The van der Waals surface area contributed by atoms with Crippen LogP contribution in [0.2, 0.25) is 0 Å². The zero-order chi connectivity index (χ0) is 14.1. The molecule has 0 saturated carbocycles. The molecule has 0 aromatic heterocycles. The average molecular weight is 287 g/mol. The van der Waals surface area contributed by atoms with E-state index in [2.05, 4.69) is 33.3 Å². The van der Waals surface area contributed by atoms with E-state index in [1.807, 2.05) is 0 Å². The highest BCUT2D eigenvalue weighted by Crippen LogP contribution is 2.30. The molecule has 4 nitrogen and oxygen atoms in total. The molecule has 21 heavy (non-hydrogen) atoms. The minimum absolute atomic E-state index is 0.706. The molecule has 1 unspecified atom stereocenters. The molecular weight excluding hydrogens is 262 g/mol. The van der Waals surface area contributed by atoms with Crippen molar-refractivity contribution in [2.75, 3.05) is 56.2 Å². The van der Waals surface area contributed by atoms with Crippen LogP contribution < -0.4 is 10.2 Å². The Morgan fingerprint density at radius 2 is 2.05 bits per heavy atom. The van der Waals surface area contributed by atoms with E-state index in [-0.39, 0.29) is 0 Å². The first-order chi connectivity index (χ1) is 10.4. The minimum atomic E-state index is 0.706. The van der Waals surface area contributed by atoms with Crippen molar-refractivity contribution in [1.82, 2.24) is 4.90 Å². The van der Waals surface area contributed by atoms with Crippen molar-refractivity contribution in [3.05, 3.63) is 23.8 Å². The molecule has 0 spiro atoms. The fourth-order valence-electron chi connectivity index (χ4n) is 3.86. The van der Waals surface area contributed by atoms with Crippen LogP contribution in [0.3, 0.4) is 0 Å². The molecule has 0 radical (unpaired) electrons. The Kier molecular flexibility index (Phi) is 3.74. The summed E-state index contributed by atoms with van der Waals surface area (Å²) in [5.41, 5.74) is 4.22. The first kappa shape index (κ1) is 13.4. The summed E-state index contributed by atoms with van der Waals surface area (Å²) in [6.45, 7) is 7.47. The molecule has 2 saturated heterocycles. The van der Waals surface area contributed by atoms with Gasteiger partial charge >= 0.3 is 0 Å². The number of nitrogens with one attached hydrogen (secondary N) is 1. The van der Waals surface area contributed by atoms with Crippen molar-refractivity contribution < 1.29 is 4.74 Å². The molecule has 2 fully saturated rings. The van der Waals surface area contributed by atoms with Gasteiger partial charge in [0.25, 0.3) is 0 Å². The van der Waals surface area contributed by atoms with Gasteiger partial charge in [0, 0.05) is 50.1 Å². The van der Waals surface area contributed by atoms with Gasteiger partial charge in [0.15, 0.2) is 0 Å². The lowest BCUT2D eigenvalue weighted by Gasteiger charge is -2.32. The summed E-state index contributed by atoms with van der Waals surface area (Å²) in [4.78, 5) is 5.16. The molecule has 3 heterocycles. The Bertz CT molecular complexity index is 499. The SMILES string of the molecule is c1cc2c(cc1N1CCC(N3CCOCC3)C1)NCCC2. The molecule has 3 aliphatic rings. The molecule has 1 aromatic carbocycles. The van der Waals surface area contributed by atoms with Crippen LogP contribution in [0.25, 0.3) is 0 Å². The Morgan fingerprint density at radius 1 is 1.14 bits per heavy atom. The lowest BCUT2D eigenvalue weighted by atomic mass is 10.0. The van der Waals surface area contributed by atoms with E-state index in [1.165, 1.54) is 49.3 Å². The molecule has 4 rings (SSSR count). The van der Waals surface area contributed by atoms with Gasteiger partial charge in [-0.1, -0.05) is 6.07 Å². The molecule has 1 atom stereocenters. The van der Waals surface area contributed by atoms with E-state index in [9.17, 15) is 0 Å². The molecule has 0 aliphatic carbocycles. The minimum Gasteiger partial charge on any atom is -0.385 e. The maximum Gasteiger partial charge on any atom is 0.0594 e. The van der Waals surface area contributed by atoms with Crippen LogP contribution in [-0.4, -0.2) is 56.9 Å². The number of rotatable bonds is 2. The van der Waals surface area contributed by atoms with Crippen molar-refractivity contribution in [3.63, 3.8) is 0 Å². The third-order valence-electron chi connectivity index (χ3n) is 5.12. The smallest absolute Gasteiger partial charge is 0.0594 e. The monoisotopic (exact) mass is 287 g/mol. The maximum atomic E-state index is 5.47. The molecular formula is C17H25N3O. The fraction of sp³-hybridized carbons (Fsp3) is 0.647. The fourth-order valence-corrected chi connectivity index (χ4v) is 3.86. The topological polar surface area (TPSA) is 27.7 Å². The van der Waals surface area contributed by atoms with E-state index in [1.54, 1.807) is 0 Å². The van der Waals surface area contributed by atoms with E-state index >= 15 is 0 Å². The first-order valence-corrected chi connectivity index (χ1v) is 8.34. The molecule has 1 aromatic rings. The van der Waals surface area contributed by atoms with Crippen LogP contribution in [0.5, 0.6) is 0 Å². The summed E-state index contributed by atoms with van der Waals surface area (Å²) in [5, 5.41) is 3.55. The van der Waals surface area contributed by atoms with E-state index in [0.717, 1.165) is 32.8 Å². The number of aryl methyl sites for hydroxylation is 1. The van der Waals surface area contributed by atoms with Gasteiger partial charge in [-0.25, -0.2) is 0 Å². The highest BCUT2D eigenvalue weighted by Gasteiger charge is 2.29. The quantitative estimate of drug-likeness (QED) is 0.900. The number of fused-ring (bicyclic) bond motifs is 1. The second-order valence-corrected chi connectivity index (χ2v) is 6.41. The first-order valence-electron chi connectivity index (χ1n) is 8.34. The van der Waals surface area contributed by atoms with Crippen molar-refractivity contribution in [3.8, 4) is 0 Å². The Balaban J connectivity index is 1.45. The number of benzene rings is 1. The van der Waals surface area contributed by atoms with Gasteiger partial charge < -0.3 is 15.0 Å². The van der Waals surface area contributed by atoms with Crippen molar-refractivity contribution >= 4 is 11.4 Å². The predicted molar refractivity (Wildman–Crippen MR) is 86.3 cm³/mol. The van der Waals surface area contributed by atoms with E-state index < -0.39 is 0 Å². The van der Waals surface area contributed by atoms with Gasteiger partial charge in [0.05, 0.1) is 13.2 Å². The Labute approximate surface area is 127 Å². The zero-order valence-corrected chi connectivity index (χ0v) is 12.7. The van der Waals surface area contributed by atoms with E-state index in [4.69, 9.17) is 4.74 Å². The van der Waals surface area contributed by atoms with E-state index in [0.29, 0.717) is 6.04 Å². The maximum absolute atomic E-state index is 5.47. The van der Waals surface area contributed by atoms with Gasteiger partial charge in [-0.2, -0.15) is 0 Å². The summed E-state index contributed by atoms with van der Waals surface area (Å²) in [7, 11) is 0. The second-order valence-electron chi connectivity index (χ2n) is 6.41. The van der Waals surface area contributed by atoms with Gasteiger partial charge in [0.2, 0.25) is 0 Å². The van der Waals surface area contributed by atoms with Crippen LogP contribution in [-0.2, 0) is 11.2 Å². The second kappa shape index (κ2) is 5.85. The Hall–Kier alpha value is -1.26. The largest absolute Gasteiger partial charge is 0.385 e. The van der Waals surface area contributed by atoms with Crippen LogP contribution in [0.4, 0.5) is 11.4 Å². The number of hydrogen-bond acceptors (Lipinski definition) is 4. The highest BCUT2D eigenvalue weighted by molar-refractivity contribution is 5.63. The van der Waals surface area contributed by atoms with Gasteiger partial charge in [-0.3, -0.25) is 4.90 Å². The average Bonchev–Trinajstić information content (AvgIpc) is 3.05. The van der Waals surface area contributed by atoms with Gasteiger partial charge in [-0.05, 0) is 37.0 Å². The number of nitrogens with zero attached hydrogens (tertiary/aromatic N) is 2. The summed E-state index contributed by atoms with van der Waals surface area (Å²) < 4.78 is 5.47. The van der Waals surface area contributed by atoms with Crippen LogP contribution in [0.15, 0.2) is 18.2 Å². The van der Waals surface area contributed by atoms with Crippen LogP contribution in [0.1, 0.15) is 18.4 Å². The van der Waals surface area contributed by atoms with Gasteiger partial charge in [-0.15, -0.1) is 0 Å². The lowest BCUT2D eigenvalue weighted by Crippen LogP contribution is -2.44. The third-order valence-corrected chi connectivity index (χ3v) is 5.12. The van der Waals surface area contributed by atoms with Gasteiger partial charge in [0.1, 0.15) is 0 Å². The number of anilines is 2. The normalized spacial score (nSPS) is 26.5. The lowest BCUT2D eigenvalue weighted by molar-refractivity contribution is 0.0209. The third kappa shape index (κ3) is 2.74. The summed E-state index contributed by atoms with van der Waals surface area (Å²) in [6.07, 6.45) is 3.76. The van der Waals surface area contributed by atoms with Crippen molar-refractivity contribution in [2.24, 2.45) is 0 Å². The number of ether oxygens (including phenoxy) is 1. The molecule has 114 valence electrons. The summed E-state index contributed by atoms with van der Waals surface area (Å²) >= 11 is 0. The zero-order valence-electron chi connectivity index (χ0n) is 12.7. The van der Waals surface area contributed by atoms with Crippen molar-refractivity contribution in [1.29, 1.82) is 0 Å². The molecule has 0 bridgehead atoms. The molecule has 3 aliphatic heterocycles.